The average Bonchev–Trinajstić information content (AvgIpc) is 2.32. The Kier molecular flexibility index (Phi) is 6.26. The summed E-state index contributed by atoms with van der Waals surface area (Å²) >= 11 is 17.7. The van der Waals surface area contributed by atoms with Gasteiger partial charge < -0.3 is 4.74 Å². The number of halogens is 3. The van der Waals surface area contributed by atoms with E-state index >= 15 is 0 Å². The van der Waals surface area contributed by atoms with Gasteiger partial charge >= 0.3 is 6.09 Å². The number of carbonyl (C=O) groups excluding carboxylic acids is 2. The van der Waals surface area contributed by atoms with Crippen LogP contribution < -0.4 is 5.32 Å². The van der Waals surface area contributed by atoms with Gasteiger partial charge in [-0.2, -0.15) is 0 Å². The minimum atomic E-state index is -0.789. The fourth-order valence-electron chi connectivity index (χ4n) is 1.21. The maximum absolute atomic E-state index is 11.5. The molecule has 20 heavy (non-hydrogen) atoms. The Balaban J connectivity index is 3.15. The number of hydrogen-bond donors (Lipinski definition) is 1. The summed E-state index contributed by atoms with van der Waals surface area (Å²) in [6.07, 6.45) is -0.789. The molecule has 0 aliphatic rings. The maximum Gasteiger partial charge on any atom is 0.412 e. The van der Waals surface area contributed by atoms with Gasteiger partial charge in [0.15, 0.2) is 11.6 Å². The second kappa shape index (κ2) is 7.47. The van der Waals surface area contributed by atoms with Crippen LogP contribution in [0.4, 0.5) is 10.5 Å². The predicted octanol–water partition coefficient (Wildman–Crippen LogP) is 4.01. The van der Waals surface area contributed by atoms with Crippen LogP contribution in [0.3, 0.4) is 0 Å². The molecule has 8 heteroatoms. The number of carbonyl (C=O) groups is 2. The van der Waals surface area contributed by atoms with Crippen molar-refractivity contribution in [2.75, 3.05) is 6.61 Å². The highest BCUT2D eigenvalue weighted by molar-refractivity contribution is 6.44. The van der Waals surface area contributed by atoms with E-state index in [4.69, 9.17) is 34.8 Å². The van der Waals surface area contributed by atoms with E-state index in [0.717, 1.165) is 0 Å². The van der Waals surface area contributed by atoms with Gasteiger partial charge in [0, 0.05) is 11.9 Å². The first kappa shape index (κ1) is 16.8. The highest BCUT2D eigenvalue weighted by Gasteiger charge is 2.14. The van der Waals surface area contributed by atoms with Crippen molar-refractivity contribution in [3.63, 3.8) is 0 Å². The Labute approximate surface area is 130 Å². The molecule has 1 amide bonds. The largest absolute Gasteiger partial charge is 0.450 e. The van der Waals surface area contributed by atoms with Crippen LogP contribution in [0.1, 0.15) is 13.8 Å². The van der Waals surface area contributed by atoms with E-state index in [1.165, 1.54) is 19.1 Å². The number of aliphatic imine (C=N–C) groups is 1. The highest BCUT2D eigenvalue weighted by Crippen LogP contribution is 2.36. The summed E-state index contributed by atoms with van der Waals surface area (Å²) in [5.74, 6) is -0.699. The fraction of sp³-hybridized carbons (Fsp3) is 0.250. The van der Waals surface area contributed by atoms with E-state index in [0.29, 0.717) is 5.02 Å². The molecule has 0 fully saturated rings. The van der Waals surface area contributed by atoms with Crippen LogP contribution in [0.5, 0.6) is 0 Å². The van der Waals surface area contributed by atoms with Gasteiger partial charge in [-0.05, 0) is 19.1 Å². The zero-order valence-electron chi connectivity index (χ0n) is 10.7. The first-order chi connectivity index (χ1) is 9.35. The van der Waals surface area contributed by atoms with Crippen LogP contribution in [-0.2, 0) is 9.53 Å². The molecule has 1 aromatic rings. The molecule has 0 heterocycles. The van der Waals surface area contributed by atoms with E-state index in [2.05, 4.69) is 15.0 Å². The Morgan fingerprint density at radius 3 is 2.25 bits per heavy atom. The topological polar surface area (TPSA) is 67.8 Å². The van der Waals surface area contributed by atoms with E-state index in [9.17, 15) is 9.59 Å². The molecule has 1 rings (SSSR count). The number of nitrogens with one attached hydrogen (secondary N) is 1. The molecule has 0 saturated carbocycles. The molecule has 0 spiro atoms. The normalized spacial score (nSPS) is 11.2. The first-order valence-electron chi connectivity index (χ1n) is 5.53. The molecule has 0 saturated heterocycles. The van der Waals surface area contributed by atoms with Crippen molar-refractivity contribution in [1.82, 2.24) is 5.32 Å². The predicted molar refractivity (Wildman–Crippen MR) is 79.4 cm³/mol. The van der Waals surface area contributed by atoms with E-state index in [1.54, 1.807) is 6.92 Å². The molecule has 0 atom stereocenters. The van der Waals surface area contributed by atoms with Crippen molar-refractivity contribution in [3.05, 3.63) is 27.2 Å². The van der Waals surface area contributed by atoms with Gasteiger partial charge in [-0.1, -0.05) is 34.8 Å². The van der Waals surface area contributed by atoms with Crippen LogP contribution >= 0.6 is 34.8 Å². The molecule has 0 aliphatic heterocycles. The number of ether oxygens (including phenoxy) is 1. The Bertz CT molecular complexity index is 550. The third-order valence-corrected chi connectivity index (χ3v) is 2.83. The molecular weight excluding hydrogens is 327 g/mol. The fourth-order valence-corrected chi connectivity index (χ4v) is 2.11. The number of ketones is 1. The molecule has 0 unspecified atom stereocenters. The Morgan fingerprint density at radius 2 is 1.80 bits per heavy atom. The van der Waals surface area contributed by atoms with Crippen molar-refractivity contribution in [2.45, 2.75) is 13.8 Å². The number of amidine groups is 1. The van der Waals surface area contributed by atoms with Gasteiger partial charge in [0.2, 0.25) is 0 Å². The number of Topliss-reactive ketones (excluding diaryl/α,β-unsaturated/α-hetero) is 1. The van der Waals surface area contributed by atoms with Gasteiger partial charge in [0.25, 0.3) is 0 Å². The molecule has 5 nitrogen and oxygen atoms in total. The lowest BCUT2D eigenvalue weighted by molar-refractivity contribution is -0.111. The van der Waals surface area contributed by atoms with E-state index in [1.807, 2.05) is 0 Å². The summed E-state index contributed by atoms with van der Waals surface area (Å²) in [4.78, 5) is 26.7. The van der Waals surface area contributed by atoms with Crippen LogP contribution in [0.2, 0.25) is 15.1 Å². The third-order valence-electron chi connectivity index (χ3n) is 2.03. The summed E-state index contributed by atoms with van der Waals surface area (Å²) in [5, 5.41) is 2.88. The first-order valence-corrected chi connectivity index (χ1v) is 6.66. The minimum absolute atomic E-state index is 0.139. The summed E-state index contributed by atoms with van der Waals surface area (Å²) < 4.78 is 4.67. The zero-order valence-corrected chi connectivity index (χ0v) is 12.9. The van der Waals surface area contributed by atoms with Crippen LogP contribution in [0, 0.1) is 0 Å². The minimum Gasteiger partial charge on any atom is -0.450 e. The van der Waals surface area contributed by atoms with Crippen molar-refractivity contribution >= 4 is 58.2 Å². The molecule has 0 radical (unpaired) electrons. The van der Waals surface area contributed by atoms with Gasteiger partial charge in [-0.25, -0.2) is 9.79 Å². The zero-order chi connectivity index (χ0) is 15.3. The maximum atomic E-state index is 11.5. The molecule has 1 aromatic carbocycles. The number of nitrogens with zero attached hydrogens (tertiary/aromatic N) is 1. The van der Waals surface area contributed by atoms with Gasteiger partial charge in [0.1, 0.15) is 5.69 Å². The third kappa shape index (κ3) is 4.67. The summed E-state index contributed by atoms with van der Waals surface area (Å²) in [6.45, 7) is 3.04. The lowest BCUT2D eigenvalue weighted by Gasteiger charge is -2.08. The van der Waals surface area contributed by atoms with Crippen molar-refractivity contribution in [3.8, 4) is 0 Å². The molecule has 108 valence electrons. The van der Waals surface area contributed by atoms with Crippen LogP contribution in [-0.4, -0.2) is 24.3 Å². The second-order valence-corrected chi connectivity index (χ2v) is 4.83. The van der Waals surface area contributed by atoms with E-state index < -0.39 is 11.9 Å². The lowest BCUT2D eigenvalue weighted by atomic mass is 10.3. The number of hydrogen-bond acceptors (Lipinski definition) is 4. The summed E-state index contributed by atoms with van der Waals surface area (Å²) in [6, 6.07) is 2.85. The SMILES string of the molecule is CCOC(=O)NC(=Nc1c(Cl)cc(Cl)cc1Cl)C(C)=O. The highest BCUT2D eigenvalue weighted by atomic mass is 35.5. The van der Waals surface area contributed by atoms with Crippen LogP contribution in [0.25, 0.3) is 0 Å². The molecule has 0 bridgehead atoms. The van der Waals surface area contributed by atoms with Gasteiger partial charge in [-0.3, -0.25) is 10.1 Å². The standard InChI is InChI=1S/C12H11Cl3N2O3/c1-3-20-12(19)17-11(6(2)18)16-10-8(14)4-7(13)5-9(10)15/h4-5H,3H2,1-2H3,(H,16,17,19). The van der Waals surface area contributed by atoms with Gasteiger partial charge in [-0.15, -0.1) is 0 Å². The molecule has 0 aromatic heterocycles. The Morgan fingerprint density at radius 1 is 1.25 bits per heavy atom. The monoisotopic (exact) mass is 336 g/mol. The van der Waals surface area contributed by atoms with Crippen LogP contribution in [0.15, 0.2) is 17.1 Å². The molecular formula is C12H11Cl3N2O3. The number of amides is 1. The quantitative estimate of drug-likeness (QED) is 0.669. The smallest absolute Gasteiger partial charge is 0.412 e. The number of alkyl carbamates (subject to hydrolysis) is 1. The summed E-state index contributed by atoms with van der Waals surface area (Å²) in [5.41, 5.74) is 0.139. The average molecular weight is 338 g/mol. The molecule has 1 N–H and O–H groups in total. The number of benzene rings is 1. The van der Waals surface area contributed by atoms with Gasteiger partial charge in [0.05, 0.1) is 16.7 Å². The molecule has 0 aliphatic carbocycles. The van der Waals surface area contributed by atoms with Crippen molar-refractivity contribution in [1.29, 1.82) is 0 Å². The lowest BCUT2D eigenvalue weighted by Crippen LogP contribution is -2.35. The van der Waals surface area contributed by atoms with Crippen molar-refractivity contribution < 1.29 is 14.3 Å². The Hall–Kier alpha value is -1.30. The van der Waals surface area contributed by atoms with Crippen molar-refractivity contribution in [2.24, 2.45) is 4.99 Å². The van der Waals surface area contributed by atoms with E-state index in [-0.39, 0.29) is 28.2 Å². The second-order valence-electron chi connectivity index (χ2n) is 3.58. The summed E-state index contributed by atoms with van der Waals surface area (Å²) in [7, 11) is 0. The number of rotatable bonds is 3.